The average molecular weight is 413 g/mol. The molecule has 29 heavy (non-hydrogen) atoms. The number of alkyl halides is 3. The molecule has 1 aliphatic carbocycles. The highest BCUT2D eigenvalue weighted by atomic mass is 19.4. The van der Waals surface area contributed by atoms with Crippen LogP contribution in [0.5, 0.6) is 0 Å². The summed E-state index contributed by atoms with van der Waals surface area (Å²) < 4.78 is 31.7. The minimum atomic E-state index is -5.08. The van der Waals surface area contributed by atoms with Crippen molar-refractivity contribution >= 4 is 23.3 Å². The molecule has 158 valence electrons. The van der Waals surface area contributed by atoms with Crippen molar-refractivity contribution in [2.24, 2.45) is 5.16 Å². The van der Waals surface area contributed by atoms with Gasteiger partial charge in [-0.3, -0.25) is 4.79 Å². The number of aryl methyl sites for hydroxylation is 2. The fourth-order valence-electron chi connectivity index (χ4n) is 3.65. The number of halogens is 3. The number of amides is 1. The van der Waals surface area contributed by atoms with Crippen LogP contribution in [-0.4, -0.2) is 47.6 Å². The van der Waals surface area contributed by atoms with Gasteiger partial charge in [-0.25, -0.2) is 4.79 Å². The summed E-state index contributed by atoms with van der Waals surface area (Å²) in [5.41, 5.74) is 3.89. The number of hydrogen-bond donors (Lipinski definition) is 3. The number of nitrogens with zero attached hydrogens (tertiary/aromatic N) is 1. The number of carboxylic acids is 1. The highest BCUT2D eigenvalue weighted by molar-refractivity contribution is 6.43. The molecule has 2 aliphatic heterocycles. The van der Waals surface area contributed by atoms with Gasteiger partial charge < -0.3 is 20.6 Å². The largest absolute Gasteiger partial charge is 0.490 e. The minimum absolute atomic E-state index is 0.131. The number of rotatable bonds is 2. The molecule has 10 heteroatoms. The second-order valence-electron chi connectivity index (χ2n) is 7.33. The Morgan fingerprint density at radius 2 is 1.83 bits per heavy atom. The molecule has 3 aliphatic rings. The zero-order valence-electron chi connectivity index (χ0n) is 15.6. The van der Waals surface area contributed by atoms with E-state index in [2.05, 4.69) is 27.9 Å². The molecule has 0 unspecified atom stereocenters. The molecule has 2 heterocycles. The standard InChI is InChI=1S/C17H21N3O2.C2HF3O2/c21-16(15-11-17(22-20-15)6-8-18-9-7-17)19-14-5-4-12-2-1-3-13(12)10-14;3-2(4,5)1(6)7/h4-5,10,18H,1-3,6-9,11H2,(H,19,21);(H,6,7). The van der Waals surface area contributed by atoms with Crippen LogP contribution < -0.4 is 10.6 Å². The van der Waals surface area contributed by atoms with Crippen molar-refractivity contribution in [3.8, 4) is 0 Å². The maximum absolute atomic E-state index is 12.4. The number of anilines is 1. The lowest BCUT2D eigenvalue weighted by Gasteiger charge is -2.30. The first-order chi connectivity index (χ1) is 13.7. The summed E-state index contributed by atoms with van der Waals surface area (Å²) in [7, 11) is 0. The molecule has 1 fully saturated rings. The molecule has 0 saturated carbocycles. The van der Waals surface area contributed by atoms with Crippen molar-refractivity contribution in [3.63, 3.8) is 0 Å². The third kappa shape index (κ3) is 5.26. The van der Waals surface area contributed by atoms with E-state index in [4.69, 9.17) is 14.7 Å². The Morgan fingerprint density at radius 1 is 1.17 bits per heavy atom. The van der Waals surface area contributed by atoms with Gasteiger partial charge in [0.2, 0.25) is 0 Å². The number of aliphatic carboxylic acids is 1. The van der Waals surface area contributed by atoms with E-state index >= 15 is 0 Å². The van der Waals surface area contributed by atoms with Gasteiger partial charge in [-0.15, -0.1) is 0 Å². The first kappa shape index (κ1) is 21.1. The molecule has 4 rings (SSSR count). The second kappa shape index (κ2) is 8.40. The SMILES string of the molecule is O=C(Nc1ccc2c(c1)CCC2)C1=NOC2(CCNCC2)C1.O=C(O)C(F)(F)F. The smallest absolute Gasteiger partial charge is 0.475 e. The zero-order valence-corrected chi connectivity index (χ0v) is 15.6. The van der Waals surface area contributed by atoms with Crippen molar-refractivity contribution in [2.75, 3.05) is 18.4 Å². The first-order valence-corrected chi connectivity index (χ1v) is 9.38. The second-order valence-corrected chi connectivity index (χ2v) is 7.33. The molecular formula is C19H22F3N3O4. The van der Waals surface area contributed by atoms with Crippen molar-refractivity contribution in [3.05, 3.63) is 29.3 Å². The quantitative estimate of drug-likeness (QED) is 0.692. The van der Waals surface area contributed by atoms with Gasteiger partial charge in [0.25, 0.3) is 5.91 Å². The van der Waals surface area contributed by atoms with Crippen molar-refractivity contribution in [2.45, 2.75) is 50.3 Å². The number of carbonyl (C=O) groups is 2. The Kier molecular flexibility index (Phi) is 6.11. The highest BCUT2D eigenvalue weighted by Gasteiger charge is 2.42. The van der Waals surface area contributed by atoms with E-state index in [-0.39, 0.29) is 11.5 Å². The summed E-state index contributed by atoms with van der Waals surface area (Å²) in [6.07, 6.45) is 0.827. The summed E-state index contributed by atoms with van der Waals surface area (Å²) >= 11 is 0. The summed E-state index contributed by atoms with van der Waals surface area (Å²) in [6, 6.07) is 6.20. The van der Waals surface area contributed by atoms with Crippen LogP contribution in [0.3, 0.4) is 0 Å². The molecule has 1 aromatic rings. The molecule has 1 aromatic carbocycles. The lowest BCUT2D eigenvalue weighted by molar-refractivity contribution is -0.192. The van der Waals surface area contributed by atoms with Gasteiger partial charge in [-0.1, -0.05) is 11.2 Å². The summed E-state index contributed by atoms with van der Waals surface area (Å²) in [5.74, 6) is -2.89. The Labute approximate surface area is 165 Å². The van der Waals surface area contributed by atoms with Crippen LogP contribution in [0.1, 0.15) is 36.8 Å². The Balaban J connectivity index is 0.000000298. The number of fused-ring (bicyclic) bond motifs is 1. The van der Waals surface area contributed by atoms with Crippen LogP contribution in [0.4, 0.5) is 18.9 Å². The Morgan fingerprint density at radius 3 is 2.48 bits per heavy atom. The van der Waals surface area contributed by atoms with E-state index < -0.39 is 12.1 Å². The van der Waals surface area contributed by atoms with Crippen LogP contribution in [0.15, 0.2) is 23.4 Å². The van der Waals surface area contributed by atoms with Crippen molar-refractivity contribution in [1.82, 2.24) is 5.32 Å². The number of benzene rings is 1. The van der Waals surface area contributed by atoms with E-state index in [9.17, 15) is 18.0 Å². The molecular weight excluding hydrogens is 391 g/mol. The van der Waals surface area contributed by atoms with Crippen molar-refractivity contribution in [1.29, 1.82) is 0 Å². The Hall–Kier alpha value is -2.62. The third-order valence-corrected chi connectivity index (χ3v) is 5.21. The van der Waals surface area contributed by atoms with Crippen LogP contribution in [0.25, 0.3) is 0 Å². The lowest BCUT2D eigenvalue weighted by atomic mass is 9.87. The van der Waals surface area contributed by atoms with Gasteiger partial charge in [0.15, 0.2) is 0 Å². The van der Waals surface area contributed by atoms with Gasteiger partial charge in [-0.2, -0.15) is 13.2 Å². The van der Waals surface area contributed by atoms with Gasteiger partial charge in [0, 0.05) is 24.9 Å². The molecule has 3 N–H and O–H groups in total. The van der Waals surface area contributed by atoms with E-state index in [1.165, 1.54) is 17.5 Å². The van der Waals surface area contributed by atoms with Gasteiger partial charge in [0.1, 0.15) is 11.3 Å². The van der Waals surface area contributed by atoms with Crippen LogP contribution in [0.2, 0.25) is 0 Å². The normalized spacial score (nSPS) is 19.5. The molecule has 0 bridgehead atoms. The number of nitrogens with one attached hydrogen (secondary N) is 2. The molecule has 0 aromatic heterocycles. The number of oxime groups is 1. The van der Waals surface area contributed by atoms with E-state index in [0.29, 0.717) is 12.1 Å². The average Bonchev–Trinajstić information content (AvgIpc) is 3.29. The Bertz CT molecular complexity index is 817. The lowest BCUT2D eigenvalue weighted by Crippen LogP contribution is -2.42. The zero-order chi connectivity index (χ0) is 21.1. The monoisotopic (exact) mass is 413 g/mol. The number of piperidine rings is 1. The van der Waals surface area contributed by atoms with E-state index in [0.717, 1.165) is 44.5 Å². The summed E-state index contributed by atoms with van der Waals surface area (Å²) in [5, 5.41) is 17.5. The van der Waals surface area contributed by atoms with Crippen LogP contribution >= 0.6 is 0 Å². The van der Waals surface area contributed by atoms with Crippen molar-refractivity contribution < 1.29 is 32.7 Å². The topological polar surface area (TPSA) is 100 Å². The number of hydrogen-bond acceptors (Lipinski definition) is 5. The fourth-order valence-corrected chi connectivity index (χ4v) is 3.65. The van der Waals surface area contributed by atoms with Gasteiger partial charge in [0.05, 0.1) is 0 Å². The summed E-state index contributed by atoms with van der Waals surface area (Å²) in [4.78, 5) is 26.9. The number of carbonyl (C=O) groups excluding carboxylic acids is 1. The van der Waals surface area contributed by atoms with Crippen LogP contribution in [-0.2, 0) is 27.3 Å². The van der Waals surface area contributed by atoms with Crippen LogP contribution in [0, 0.1) is 0 Å². The predicted octanol–water partition coefficient (Wildman–Crippen LogP) is 2.65. The summed E-state index contributed by atoms with van der Waals surface area (Å²) in [6.45, 7) is 1.85. The third-order valence-electron chi connectivity index (χ3n) is 5.21. The molecule has 1 saturated heterocycles. The van der Waals surface area contributed by atoms with Gasteiger partial charge >= 0.3 is 12.1 Å². The molecule has 1 spiro atoms. The van der Waals surface area contributed by atoms with Gasteiger partial charge in [-0.05, 0) is 55.6 Å². The minimum Gasteiger partial charge on any atom is -0.475 e. The molecule has 0 radical (unpaired) electrons. The molecule has 0 atom stereocenters. The molecule has 7 nitrogen and oxygen atoms in total. The number of carboxylic acid groups (broad SMARTS) is 1. The molecule has 1 amide bonds. The maximum Gasteiger partial charge on any atom is 0.490 e. The predicted molar refractivity (Wildman–Crippen MR) is 98.8 cm³/mol. The van der Waals surface area contributed by atoms with E-state index in [1.54, 1.807) is 0 Å². The maximum atomic E-state index is 12.4. The highest BCUT2D eigenvalue weighted by Crippen LogP contribution is 2.33. The first-order valence-electron chi connectivity index (χ1n) is 9.38. The fraction of sp³-hybridized carbons (Fsp3) is 0.526. The van der Waals surface area contributed by atoms with E-state index in [1.807, 2.05) is 6.07 Å².